The first-order valence-corrected chi connectivity index (χ1v) is 6.30. The van der Waals surface area contributed by atoms with Gasteiger partial charge in [0.15, 0.2) is 22.5 Å². The van der Waals surface area contributed by atoms with E-state index in [0.717, 1.165) is 22.8 Å². The second kappa shape index (κ2) is 5.34. The van der Waals surface area contributed by atoms with Crippen LogP contribution in [0.5, 0.6) is 11.5 Å². The van der Waals surface area contributed by atoms with Crippen molar-refractivity contribution in [2.75, 3.05) is 12.2 Å². The molecule has 0 unspecified atom stereocenters. The molecule has 1 aromatic carbocycles. The lowest BCUT2D eigenvalue weighted by Gasteiger charge is -2.04. The minimum absolute atomic E-state index is 0.258. The summed E-state index contributed by atoms with van der Waals surface area (Å²) < 4.78 is 10.6. The number of hydrazone groups is 1. The van der Waals surface area contributed by atoms with Crippen molar-refractivity contribution in [3.63, 3.8) is 0 Å². The fourth-order valence-electron chi connectivity index (χ4n) is 1.70. The number of benzene rings is 1. The van der Waals surface area contributed by atoms with Crippen LogP contribution in [0.3, 0.4) is 0 Å². The van der Waals surface area contributed by atoms with Crippen LogP contribution in [0, 0.1) is 0 Å². The second-order valence-electron chi connectivity index (χ2n) is 4.12. The SMILES string of the molecule is C/C(=N\Nc1ccc(Cl)nn1)c1ccc2c(c1)OCO2. The van der Waals surface area contributed by atoms with Crippen LogP contribution in [0.1, 0.15) is 12.5 Å². The maximum atomic E-state index is 5.66. The van der Waals surface area contributed by atoms with Crippen molar-refractivity contribution in [1.29, 1.82) is 0 Å². The van der Waals surface area contributed by atoms with E-state index < -0.39 is 0 Å². The number of nitrogens with one attached hydrogen (secondary N) is 1. The smallest absolute Gasteiger partial charge is 0.231 e. The van der Waals surface area contributed by atoms with Gasteiger partial charge in [-0.15, -0.1) is 10.2 Å². The highest BCUT2D eigenvalue weighted by Crippen LogP contribution is 2.32. The van der Waals surface area contributed by atoms with Gasteiger partial charge in [-0.1, -0.05) is 11.6 Å². The van der Waals surface area contributed by atoms with Crippen LogP contribution >= 0.6 is 11.6 Å². The van der Waals surface area contributed by atoms with E-state index >= 15 is 0 Å². The van der Waals surface area contributed by atoms with Crippen LogP contribution in [0.15, 0.2) is 35.4 Å². The normalized spacial score (nSPS) is 13.4. The van der Waals surface area contributed by atoms with Crippen LogP contribution in [0.25, 0.3) is 0 Å². The van der Waals surface area contributed by atoms with E-state index in [1.165, 1.54) is 0 Å². The second-order valence-corrected chi connectivity index (χ2v) is 4.51. The third kappa shape index (κ3) is 2.65. The van der Waals surface area contributed by atoms with Gasteiger partial charge in [0.2, 0.25) is 6.79 Å². The van der Waals surface area contributed by atoms with Gasteiger partial charge in [-0.2, -0.15) is 5.10 Å². The zero-order valence-corrected chi connectivity index (χ0v) is 11.4. The van der Waals surface area contributed by atoms with Gasteiger partial charge in [0.05, 0.1) is 5.71 Å². The van der Waals surface area contributed by atoms with E-state index in [9.17, 15) is 0 Å². The Hall–Kier alpha value is -2.34. The third-order valence-corrected chi connectivity index (χ3v) is 2.96. The summed E-state index contributed by atoms with van der Waals surface area (Å²) in [4.78, 5) is 0. The fraction of sp³-hybridized carbons (Fsp3) is 0.154. The predicted molar refractivity (Wildman–Crippen MR) is 75.4 cm³/mol. The van der Waals surface area contributed by atoms with Gasteiger partial charge in [-0.25, -0.2) is 0 Å². The molecule has 0 amide bonds. The summed E-state index contributed by atoms with van der Waals surface area (Å²) in [6.45, 7) is 2.14. The lowest BCUT2D eigenvalue weighted by molar-refractivity contribution is 0.174. The number of nitrogens with zero attached hydrogens (tertiary/aromatic N) is 3. The molecule has 0 bridgehead atoms. The van der Waals surface area contributed by atoms with Crippen molar-refractivity contribution in [2.24, 2.45) is 5.10 Å². The Morgan fingerprint density at radius 1 is 1.20 bits per heavy atom. The number of ether oxygens (including phenoxy) is 2. The van der Waals surface area contributed by atoms with E-state index in [2.05, 4.69) is 20.7 Å². The summed E-state index contributed by atoms with van der Waals surface area (Å²) in [5.74, 6) is 2.00. The van der Waals surface area contributed by atoms with Crippen LogP contribution in [-0.2, 0) is 0 Å². The Bertz CT molecular complexity index is 658. The monoisotopic (exact) mass is 290 g/mol. The van der Waals surface area contributed by atoms with E-state index in [-0.39, 0.29) is 6.79 Å². The molecule has 102 valence electrons. The lowest BCUT2D eigenvalue weighted by atomic mass is 10.1. The van der Waals surface area contributed by atoms with Crippen molar-refractivity contribution in [3.8, 4) is 11.5 Å². The predicted octanol–water partition coefficient (Wildman–Crippen LogP) is 2.69. The highest BCUT2D eigenvalue weighted by Gasteiger charge is 2.13. The maximum Gasteiger partial charge on any atom is 0.231 e. The Balaban J connectivity index is 1.76. The quantitative estimate of drug-likeness (QED) is 0.695. The van der Waals surface area contributed by atoms with Gasteiger partial charge in [0.25, 0.3) is 0 Å². The molecule has 0 fully saturated rings. The van der Waals surface area contributed by atoms with Crippen LogP contribution in [-0.4, -0.2) is 22.7 Å². The number of halogens is 1. The molecule has 2 aromatic rings. The molecule has 6 nitrogen and oxygen atoms in total. The van der Waals surface area contributed by atoms with E-state index in [1.807, 2.05) is 25.1 Å². The highest BCUT2D eigenvalue weighted by molar-refractivity contribution is 6.29. The Kier molecular flexibility index (Phi) is 3.39. The maximum absolute atomic E-state index is 5.66. The average molecular weight is 291 g/mol. The molecule has 3 rings (SSSR count). The first-order valence-electron chi connectivity index (χ1n) is 5.92. The molecule has 0 saturated carbocycles. The molecule has 0 spiro atoms. The molecule has 20 heavy (non-hydrogen) atoms. The first kappa shape index (κ1) is 12.7. The van der Waals surface area contributed by atoms with Crippen LogP contribution in [0.4, 0.5) is 5.82 Å². The molecule has 1 N–H and O–H groups in total. The fourth-order valence-corrected chi connectivity index (χ4v) is 1.80. The van der Waals surface area contributed by atoms with Crippen molar-refractivity contribution < 1.29 is 9.47 Å². The molecule has 7 heteroatoms. The van der Waals surface area contributed by atoms with Gasteiger partial charge >= 0.3 is 0 Å². The molecule has 0 radical (unpaired) electrons. The number of aromatic nitrogens is 2. The molecule has 1 aromatic heterocycles. The number of fused-ring (bicyclic) bond motifs is 1. The summed E-state index contributed by atoms with van der Waals surface area (Å²) in [7, 11) is 0. The Labute approximate surface area is 120 Å². The van der Waals surface area contributed by atoms with E-state index in [0.29, 0.717) is 11.0 Å². The molecule has 0 atom stereocenters. The van der Waals surface area contributed by atoms with Gasteiger partial charge in [0, 0.05) is 5.56 Å². The molecule has 0 saturated heterocycles. The van der Waals surface area contributed by atoms with Crippen molar-refractivity contribution in [2.45, 2.75) is 6.92 Å². The number of hydrogen-bond acceptors (Lipinski definition) is 6. The topological polar surface area (TPSA) is 68.6 Å². The van der Waals surface area contributed by atoms with Gasteiger partial charge < -0.3 is 9.47 Å². The summed E-state index contributed by atoms with van der Waals surface area (Å²) in [6, 6.07) is 9.00. The number of rotatable bonds is 3. The van der Waals surface area contributed by atoms with Crippen LogP contribution in [0.2, 0.25) is 5.15 Å². The average Bonchev–Trinajstić information content (AvgIpc) is 2.93. The van der Waals surface area contributed by atoms with Crippen LogP contribution < -0.4 is 14.9 Å². The number of anilines is 1. The summed E-state index contributed by atoms with van der Waals surface area (Å²) >= 11 is 5.66. The Morgan fingerprint density at radius 3 is 2.85 bits per heavy atom. The minimum atomic E-state index is 0.258. The standard InChI is InChI=1S/C13H11ClN4O2/c1-8(15-17-13-5-4-12(14)16-18-13)9-2-3-10-11(6-9)20-7-19-10/h2-6H,7H2,1H3,(H,17,18)/b15-8+. The van der Waals surface area contributed by atoms with Gasteiger partial charge in [-0.05, 0) is 37.3 Å². The summed E-state index contributed by atoms with van der Waals surface area (Å²) in [5.41, 5.74) is 4.55. The molecule has 0 aliphatic carbocycles. The van der Waals surface area contributed by atoms with Crippen molar-refractivity contribution >= 4 is 23.1 Å². The van der Waals surface area contributed by atoms with E-state index in [1.54, 1.807) is 12.1 Å². The zero-order valence-electron chi connectivity index (χ0n) is 10.6. The molecule has 1 aliphatic rings. The molecular formula is C13H11ClN4O2. The summed E-state index contributed by atoms with van der Waals surface area (Å²) in [6.07, 6.45) is 0. The third-order valence-electron chi connectivity index (χ3n) is 2.76. The van der Waals surface area contributed by atoms with Crippen molar-refractivity contribution in [3.05, 3.63) is 41.0 Å². The van der Waals surface area contributed by atoms with Gasteiger partial charge in [0.1, 0.15) is 0 Å². The minimum Gasteiger partial charge on any atom is -0.454 e. The molecule has 1 aliphatic heterocycles. The molecular weight excluding hydrogens is 280 g/mol. The Morgan fingerprint density at radius 2 is 2.05 bits per heavy atom. The highest BCUT2D eigenvalue weighted by atomic mass is 35.5. The lowest BCUT2D eigenvalue weighted by Crippen LogP contribution is -2.01. The zero-order chi connectivity index (χ0) is 13.9. The number of hydrogen-bond donors (Lipinski definition) is 1. The van der Waals surface area contributed by atoms with Crippen molar-refractivity contribution in [1.82, 2.24) is 10.2 Å². The van der Waals surface area contributed by atoms with E-state index in [4.69, 9.17) is 21.1 Å². The largest absolute Gasteiger partial charge is 0.454 e. The molecule has 2 heterocycles. The summed E-state index contributed by atoms with van der Waals surface area (Å²) in [5, 5.41) is 12.2. The first-order chi connectivity index (χ1) is 9.72. The van der Waals surface area contributed by atoms with Gasteiger partial charge in [-0.3, -0.25) is 5.43 Å².